The Hall–Kier alpha value is -2.85. The van der Waals surface area contributed by atoms with Crippen molar-refractivity contribution < 1.29 is 29.1 Å². The van der Waals surface area contributed by atoms with Gasteiger partial charge in [-0.2, -0.15) is 0 Å². The maximum absolute atomic E-state index is 12.6. The lowest BCUT2D eigenvalue weighted by Crippen LogP contribution is -2.56. The number of nitrogens with one attached hydrogen (secondary N) is 4. The highest BCUT2D eigenvalue weighted by atomic mass is 16.4. The number of nitrogens with two attached hydrogens (primary N) is 1. The average Bonchev–Trinajstić information content (AvgIpc) is 2.58. The Morgan fingerprint density at radius 3 is 2.03 bits per heavy atom. The lowest BCUT2D eigenvalue weighted by atomic mass is 10.0. The van der Waals surface area contributed by atoms with E-state index < -0.39 is 35.9 Å². The molecule has 0 fully saturated rings. The van der Waals surface area contributed by atoms with E-state index in [-0.39, 0.29) is 30.7 Å². The van der Waals surface area contributed by atoms with Gasteiger partial charge in [-0.05, 0) is 32.1 Å². The molecule has 7 N–H and O–H groups in total. The molecule has 0 aliphatic heterocycles. The SMILES string of the molecule is CC(=O)N[C@@H](CCC(=O)O)C(=O)N[C@H](C(=O)N[C@H](C)CCCNC(N)=O)C(C)C. The van der Waals surface area contributed by atoms with Crippen molar-refractivity contribution in [1.82, 2.24) is 21.3 Å². The Bertz CT molecular complexity index is 595. The fourth-order valence-corrected chi connectivity index (χ4v) is 2.60. The molecule has 0 saturated carbocycles. The zero-order chi connectivity index (χ0) is 22.6. The smallest absolute Gasteiger partial charge is 0.312 e. The normalized spacial score (nSPS) is 13.7. The van der Waals surface area contributed by atoms with Crippen LogP contribution >= 0.6 is 0 Å². The van der Waals surface area contributed by atoms with Gasteiger partial charge in [0, 0.05) is 25.9 Å². The fourth-order valence-electron chi connectivity index (χ4n) is 2.60. The van der Waals surface area contributed by atoms with Gasteiger partial charge in [-0.15, -0.1) is 0 Å². The zero-order valence-electron chi connectivity index (χ0n) is 17.4. The third-order valence-corrected chi connectivity index (χ3v) is 4.09. The first-order chi connectivity index (χ1) is 13.4. The Balaban J connectivity index is 4.84. The van der Waals surface area contributed by atoms with Gasteiger partial charge in [0.25, 0.3) is 0 Å². The van der Waals surface area contributed by atoms with Crippen LogP contribution in [0.1, 0.15) is 53.4 Å². The molecule has 29 heavy (non-hydrogen) atoms. The molecule has 5 amide bonds. The van der Waals surface area contributed by atoms with Crippen molar-refractivity contribution in [3.05, 3.63) is 0 Å². The van der Waals surface area contributed by atoms with E-state index in [2.05, 4.69) is 21.3 Å². The Morgan fingerprint density at radius 1 is 0.931 bits per heavy atom. The highest BCUT2D eigenvalue weighted by Crippen LogP contribution is 2.06. The van der Waals surface area contributed by atoms with E-state index in [1.54, 1.807) is 20.8 Å². The van der Waals surface area contributed by atoms with Crippen LogP contribution in [0.25, 0.3) is 0 Å². The molecule has 0 aromatic heterocycles. The van der Waals surface area contributed by atoms with E-state index >= 15 is 0 Å². The number of urea groups is 1. The second kappa shape index (κ2) is 13.3. The van der Waals surface area contributed by atoms with Crippen LogP contribution in [0.15, 0.2) is 0 Å². The quantitative estimate of drug-likeness (QED) is 0.220. The maximum atomic E-state index is 12.6. The number of aliphatic carboxylic acids is 1. The number of rotatable bonds is 13. The Labute approximate surface area is 170 Å². The molecule has 0 unspecified atom stereocenters. The number of carbonyl (C=O) groups excluding carboxylic acids is 4. The van der Waals surface area contributed by atoms with Crippen molar-refractivity contribution in [2.24, 2.45) is 11.7 Å². The highest BCUT2D eigenvalue weighted by Gasteiger charge is 2.29. The maximum Gasteiger partial charge on any atom is 0.312 e. The predicted octanol–water partition coefficient (Wildman–Crippen LogP) is -0.550. The number of hydrogen-bond donors (Lipinski definition) is 6. The van der Waals surface area contributed by atoms with Gasteiger partial charge in [-0.1, -0.05) is 13.8 Å². The molecule has 166 valence electrons. The summed E-state index contributed by atoms with van der Waals surface area (Å²) >= 11 is 0. The summed E-state index contributed by atoms with van der Waals surface area (Å²) in [5.41, 5.74) is 4.98. The summed E-state index contributed by atoms with van der Waals surface area (Å²) in [7, 11) is 0. The highest BCUT2D eigenvalue weighted by molar-refractivity contribution is 5.92. The zero-order valence-corrected chi connectivity index (χ0v) is 17.4. The summed E-state index contributed by atoms with van der Waals surface area (Å²) in [6.45, 7) is 6.94. The first-order valence-electron chi connectivity index (χ1n) is 9.57. The van der Waals surface area contributed by atoms with Crippen molar-refractivity contribution >= 4 is 29.7 Å². The molecule has 0 heterocycles. The topological polar surface area (TPSA) is 180 Å². The van der Waals surface area contributed by atoms with Gasteiger partial charge in [-0.25, -0.2) is 4.79 Å². The Morgan fingerprint density at radius 2 is 1.55 bits per heavy atom. The van der Waals surface area contributed by atoms with Crippen molar-refractivity contribution in [2.45, 2.75) is 71.5 Å². The summed E-state index contributed by atoms with van der Waals surface area (Å²) in [6, 6.07) is -2.71. The molecule has 0 saturated heterocycles. The number of carboxylic acids is 1. The van der Waals surface area contributed by atoms with Crippen molar-refractivity contribution in [1.29, 1.82) is 0 Å². The summed E-state index contributed by atoms with van der Waals surface area (Å²) in [5, 5.41) is 19.1. The fraction of sp³-hybridized carbons (Fsp3) is 0.722. The van der Waals surface area contributed by atoms with E-state index in [0.29, 0.717) is 19.4 Å². The third-order valence-electron chi connectivity index (χ3n) is 4.09. The van der Waals surface area contributed by atoms with Crippen molar-refractivity contribution in [3.63, 3.8) is 0 Å². The molecule has 0 rings (SSSR count). The van der Waals surface area contributed by atoms with Crippen LogP contribution in [0.5, 0.6) is 0 Å². The van der Waals surface area contributed by atoms with Gasteiger partial charge < -0.3 is 32.1 Å². The molecule has 0 aliphatic carbocycles. The van der Waals surface area contributed by atoms with E-state index in [0.717, 1.165) is 0 Å². The van der Waals surface area contributed by atoms with Gasteiger partial charge in [0.15, 0.2) is 0 Å². The molecule has 0 radical (unpaired) electrons. The van der Waals surface area contributed by atoms with Crippen LogP contribution in [0.3, 0.4) is 0 Å². The van der Waals surface area contributed by atoms with Crippen LogP contribution < -0.4 is 27.0 Å². The molecule has 0 aromatic rings. The van der Waals surface area contributed by atoms with Crippen LogP contribution in [0.2, 0.25) is 0 Å². The minimum atomic E-state index is -1.09. The first kappa shape index (κ1) is 26.1. The molecule has 0 aromatic carbocycles. The lowest BCUT2D eigenvalue weighted by Gasteiger charge is -2.26. The standard InChI is InChI=1S/C18H33N5O6/c1-10(2)15(17(28)21-11(3)6-5-9-20-18(19)29)23-16(27)13(22-12(4)24)7-8-14(25)26/h10-11,13,15H,5-9H2,1-4H3,(H,21,28)(H,22,24)(H,23,27)(H,25,26)(H3,19,20,29)/t11-,13+,15+/m1/s1. The van der Waals surface area contributed by atoms with Crippen molar-refractivity contribution in [2.75, 3.05) is 6.54 Å². The average molecular weight is 415 g/mol. The minimum absolute atomic E-state index is 0.0869. The predicted molar refractivity (Wildman–Crippen MR) is 106 cm³/mol. The number of carbonyl (C=O) groups is 5. The molecule has 0 aliphatic rings. The summed E-state index contributed by atoms with van der Waals surface area (Å²) in [4.78, 5) is 57.8. The molecular formula is C18H33N5O6. The van der Waals surface area contributed by atoms with E-state index in [9.17, 15) is 24.0 Å². The monoisotopic (exact) mass is 415 g/mol. The second-order valence-corrected chi connectivity index (χ2v) is 7.26. The molecule has 0 bridgehead atoms. The minimum Gasteiger partial charge on any atom is -0.481 e. The van der Waals surface area contributed by atoms with Gasteiger partial charge >= 0.3 is 12.0 Å². The van der Waals surface area contributed by atoms with Gasteiger partial charge in [0.05, 0.1) is 0 Å². The Kier molecular flexibility index (Phi) is 12.0. The molecule has 11 heteroatoms. The van der Waals surface area contributed by atoms with Crippen molar-refractivity contribution in [3.8, 4) is 0 Å². The van der Waals surface area contributed by atoms with Gasteiger partial charge in [0.2, 0.25) is 17.7 Å². The summed E-state index contributed by atoms with van der Waals surface area (Å²) < 4.78 is 0. The van der Waals surface area contributed by atoms with Gasteiger partial charge in [0.1, 0.15) is 12.1 Å². The van der Waals surface area contributed by atoms with Gasteiger partial charge in [-0.3, -0.25) is 19.2 Å². The molecule has 3 atom stereocenters. The number of hydrogen-bond acceptors (Lipinski definition) is 5. The van der Waals surface area contributed by atoms with Crippen LogP contribution in [0.4, 0.5) is 4.79 Å². The first-order valence-corrected chi connectivity index (χ1v) is 9.57. The summed E-state index contributed by atoms with van der Waals surface area (Å²) in [5.74, 6) is -2.80. The third kappa shape index (κ3) is 12.3. The molecular weight excluding hydrogens is 382 g/mol. The van der Waals surface area contributed by atoms with E-state index in [1.807, 2.05) is 0 Å². The van der Waals surface area contributed by atoms with Crippen LogP contribution in [-0.4, -0.2) is 59.5 Å². The van der Waals surface area contributed by atoms with E-state index in [1.165, 1.54) is 6.92 Å². The molecule has 0 spiro atoms. The lowest BCUT2D eigenvalue weighted by molar-refractivity contribution is -0.138. The summed E-state index contributed by atoms with van der Waals surface area (Å²) in [6.07, 6.45) is 0.824. The van der Waals surface area contributed by atoms with Crippen LogP contribution in [0, 0.1) is 5.92 Å². The number of carboxylic acid groups (broad SMARTS) is 1. The number of primary amides is 1. The largest absolute Gasteiger partial charge is 0.481 e. The van der Waals surface area contributed by atoms with Crippen LogP contribution in [-0.2, 0) is 19.2 Å². The second-order valence-electron chi connectivity index (χ2n) is 7.26. The molecule has 11 nitrogen and oxygen atoms in total. The van der Waals surface area contributed by atoms with E-state index in [4.69, 9.17) is 10.8 Å². The number of amides is 5.